The highest BCUT2D eigenvalue weighted by Gasteiger charge is 2.35. The average Bonchev–Trinajstić information content (AvgIpc) is 2.97. The number of non-ortho nitro benzene ring substituents is 1. The first-order chi connectivity index (χ1) is 12.9. The van der Waals surface area contributed by atoms with Crippen LogP contribution in [0.3, 0.4) is 0 Å². The van der Waals surface area contributed by atoms with Crippen LogP contribution in [0.4, 0.5) is 11.4 Å². The van der Waals surface area contributed by atoms with E-state index in [1.54, 1.807) is 18.2 Å². The molecule has 0 unspecified atom stereocenters. The molecule has 0 spiro atoms. The Bertz CT molecular complexity index is 669. The van der Waals surface area contributed by atoms with Crippen molar-refractivity contribution < 1.29 is 4.92 Å². The second-order valence-corrected chi connectivity index (χ2v) is 8.84. The molecule has 2 rings (SSSR count). The van der Waals surface area contributed by atoms with Crippen molar-refractivity contribution in [3.8, 4) is 0 Å². The van der Waals surface area contributed by atoms with Gasteiger partial charge in [-0.15, -0.1) is 0 Å². The SMILES string of the molecule is CCCC(CCC)N1C(=Nc2ccc([N+](=O)[O-])cc2C)SC[C@@H]1CC(C)C. The number of thioether (sulfide) groups is 1. The molecule has 0 amide bonds. The van der Waals surface area contributed by atoms with Crippen LogP contribution in [-0.4, -0.2) is 32.8 Å². The normalized spacial score (nSPS) is 18.9. The minimum Gasteiger partial charge on any atom is -0.344 e. The third-order valence-corrected chi connectivity index (χ3v) is 6.12. The Morgan fingerprint density at radius 2 is 1.96 bits per heavy atom. The predicted octanol–water partition coefficient (Wildman–Crippen LogP) is 6.32. The summed E-state index contributed by atoms with van der Waals surface area (Å²) in [6.45, 7) is 11.0. The Kier molecular flexibility index (Phi) is 8.14. The van der Waals surface area contributed by atoms with Crippen LogP contribution in [0.1, 0.15) is 65.4 Å². The van der Waals surface area contributed by atoms with Crippen LogP contribution in [0.25, 0.3) is 0 Å². The molecule has 6 heteroatoms. The molecule has 0 radical (unpaired) electrons. The predicted molar refractivity (Wildman–Crippen MR) is 116 cm³/mol. The number of rotatable bonds is 9. The van der Waals surface area contributed by atoms with Gasteiger partial charge in [0.1, 0.15) is 0 Å². The lowest BCUT2D eigenvalue weighted by Crippen LogP contribution is -2.43. The Morgan fingerprint density at radius 1 is 1.30 bits per heavy atom. The van der Waals surface area contributed by atoms with Crippen molar-refractivity contribution in [3.63, 3.8) is 0 Å². The van der Waals surface area contributed by atoms with E-state index >= 15 is 0 Å². The molecule has 0 bridgehead atoms. The van der Waals surface area contributed by atoms with Crippen LogP contribution < -0.4 is 0 Å². The van der Waals surface area contributed by atoms with Crippen molar-refractivity contribution in [2.75, 3.05) is 5.75 Å². The van der Waals surface area contributed by atoms with Crippen LogP contribution in [0.5, 0.6) is 0 Å². The Labute approximate surface area is 167 Å². The lowest BCUT2D eigenvalue weighted by atomic mass is 9.99. The lowest BCUT2D eigenvalue weighted by Gasteiger charge is -2.35. The summed E-state index contributed by atoms with van der Waals surface area (Å²) < 4.78 is 0. The second-order valence-electron chi connectivity index (χ2n) is 7.86. The van der Waals surface area contributed by atoms with E-state index in [1.807, 2.05) is 18.7 Å². The first kappa shape index (κ1) is 21.7. The number of nitrogens with zero attached hydrogens (tertiary/aromatic N) is 3. The standard InChI is InChI=1S/C21H33N3O2S/c1-6-8-17(9-7-2)23-19(12-15(3)4)14-27-21(23)22-20-11-10-18(24(25)26)13-16(20)5/h10-11,13,15,17,19H,6-9,12,14H2,1-5H3/t19-/m0/s1. The summed E-state index contributed by atoms with van der Waals surface area (Å²) in [6, 6.07) is 6.00. The number of aryl methyl sites for hydroxylation is 1. The smallest absolute Gasteiger partial charge is 0.269 e. The van der Waals surface area contributed by atoms with Gasteiger partial charge in [-0.2, -0.15) is 0 Å². The maximum atomic E-state index is 11.0. The molecule has 1 aliphatic rings. The van der Waals surface area contributed by atoms with Gasteiger partial charge in [0.15, 0.2) is 5.17 Å². The molecule has 1 saturated heterocycles. The molecule has 0 aromatic heterocycles. The van der Waals surface area contributed by atoms with Gasteiger partial charge in [-0.1, -0.05) is 52.3 Å². The van der Waals surface area contributed by atoms with Crippen LogP contribution in [0.15, 0.2) is 23.2 Å². The van der Waals surface area contributed by atoms with Gasteiger partial charge in [0, 0.05) is 30.0 Å². The van der Waals surface area contributed by atoms with Gasteiger partial charge in [0.25, 0.3) is 5.69 Å². The minimum absolute atomic E-state index is 0.125. The number of benzene rings is 1. The molecule has 150 valence electrons. The van der Waals surface area contributed by atoms with E-state index in [-0.39, 0.29) is 10.6 Å². The van der Waals surface area contributed by atoms with E-state index < -0.39 is 0 Å². The summed E-state index contributed by atoms with van der Waals surface area (Å²) in [5.74, 6) is 1.73. The summed E-state index contributed by atoms with van der Waals surface area (Å²) in [6.07, 6.45) is 5.88. The fourth-order valence-corrected chi connectivity index (χ4v) is 5.07. The summed E-state index contributed by atoms with van der Waals surface area (Å²) >= 11 is 1.84. The minimum atomic E-state index is -0.349. The average molecular weight is 392 g/mol. The van der Waals surface area contributed by atoms with E-state index in [0.29, 0.717) is 18.0 Å². The topological polar surface area (TPSA) is 58.7 Å². The van der Waals surface area contributed by atoms with Crippen LogP contribution >= 0.6 is 11.8 Å². The number of nitro benzene ring substituents is 1. The molecule has 1 aromatic carbocycles. The monoisotopic (exact) mass is 391 g/mol. The number of nitro groups is 1. The molecule has 27 heavy (non-hydrogen) atoms. The van der Waals surface area contributed by atoms with Crippen molar-refractivity contribution in [2.24, 2.45) is 10.9 Å². The Balaban J connectivity index is 2.36. The van der Waals surface area contributed by atoms with Gasteiger partial charge < -0.3 is 4.90 Å². The van der Waals surface area contributed by atoms with Crippen molar-refractivity contribution >= 4 is 28.3 Å². The van der Waals surface area contributed by atoms with E-state index in [9.17, 15) is 10.1 Å². The van der Waals surface area contributed by atoms with Crippen LogP contribution in [0.2, 0.25) is 0 Å². The number of amidine groups is 1. The highest BCUT2D eigenvalue weighted by Crippen LogP contribution is 2.35. The van der Waals surface area contributed by atoms with E-state index in [2.05, 4.69) is 32.6 Å². The molecule has 1 heterocycles. The Morgan fingerprint density at radius 3 is 2.48 bits per heavy atom. The zero-order valence-electron chi connectivity index (χ0n) is 17.3. The summed E-state index contributed by atoms with van der Waals surface area (Å²) in [5, 5.41) is 12.1. The number of hydrogen-bond acceptors (Lipinski definition) is 4. The van der Waals surface area contributed by atoms with Gasteiger partial charge in [0.2, 0.25) is 0 Å². The maximum absolute atomic E-state index is 11.0. The molecule has 0 saturated carbocycles. The number of aliphatic imine (C=N–C) groups is 1. The third-order valence-electron chi connectivity index (χ3n) is 5.01. The first-order valence-electron chi connectivity index (χ1n) is 10.1. The molecule has 1 aliphatic heterocycles. The van der Waals surface area contributed by atoms with Gasteiger partial charge in [0.05, 0.1) is 10.6 Å². The largest absolute Gasteiger partial charge is 0.344 e. The van der Waals surface area contributed by atoms with Gasteiger partial charge in [-0.25, -0.2) is 4.99 Å². The van der Waals surface area contributed by atoms with Crippen molar-refractivity contribution in [3.05, 3.63) is 33.9 Å². The lowest BCUT2D eigenvalue weighted by molar-refractivity contribution is -0.384. The number of hydrogen-bond donors (Lipinski definition) is 0. The van der Waals surface area contributed by atoms with Gasteiger partial charge >= 0.3 is 0 Å². The first-order valence-corrected chi connectivity index (χ1v) is 11.1. The van der Waals surface area contributed by atoms with E-state index in [1.165, 1.54) is 32.1 Å². The van der Waals surface area contributed by atoms with E-state index in [4.69, 9.17) is 4.99 Å². The molecular formula is C21H33N3O2S. The van der Waals surface area contributed by atoms with Crippen molar-refractivity contribution in [1.82, 2.24) is 4.90 Å². The zero-order chi connectivity index (χ0) is 20.0. The molecule has 0 N–H and O–H groups in total. The molecule has 0 aliphatic carbocycles. The fraction of sp³-hybridized carbons (Fsp3) is 0.667. The van der Waals surface area contributed by atoms with E-state index in [0.717, 1.165) is 22.2 Å². The molecule has 1 atom stereocenters. The summed E-state index contributed by atoms with van der Waals surface area (Å²) in [5.41, 5.74) is 1.82. The second kappa shape index (κ2) is 10.1. The molecular weight excluding hydrogens is 358 g/mol. The molecule has 1 fully saturated rings. The van der Waals surface area contributed by atoms with Crippen molar-refractivity contribution in [2.45, 2.75) is 78.8 Å². The maximum Gasteiger partial charge on any atom is 0.269 e. The summed E-state index contributed by atoms with van der Waals surface area (Å²) in [7, 11) is 0. The van der Waals surface area contributed by atoms with Crippen LogP contribution in [-0.2, 0) is 0 Å². The highest BCUT2D eigenvalue weighted by molar-refractivity contribution is 8.14. The fourth-order valence-electron chi connectivity index (χ4n) is 3.82. The quantitative estimate of drug-likeness (QED) is 0.365. The molecule has 5 nitrogen and oxygen atoms in total. The zero-order valence-corrected chi connectivity index (χ0v) is 18.1. The van der Waals surface area contributed by atoms with Crippen LogP contribution in [0, 0.1) is 23.0 Å². The Hall–Kier alpha value is -1.56. The summed E-state index contributed by atoms with van der Waals surface area (Å²) in [4.78, 5) is 18.2. The van der Waals surface area contributed by atoms with Gasteiger partial charge in [-0.3, -0.25) is 10.1 Å². The highest BCUT2D eigenvalue weighted by atomic mass is 32.2. The van der Waals surface area contributed by atoms with Gasteiger partial charge in [-0.05, 0) is 43.7 Å². The molecule has 1 aromatic rings. The third kappa shape index (κ3) is 5.71. The van der Waals surface area contributed by atoms with Crippen molar-refractivity contribution in [1.29, 1.82) is 0 Å².